The quantitative estimate of drug-likeness (QED) is 0.692. The number of rotatable bonds is 7. The van der Waals surface area contributed by atoms with Crippen molar-refractivity contribution in [2.24, 2.45) is 5.92 Å². The van der Waals surface area contributed by atoms with E-state index in [1.165, 1.54) is 23.2 Å². The van der Waals surface area contributed by atoms with Gasteiger partial charge in [0.25, 0.3) is 5.91 Å². The Kier molecular flexibility index (Phi) is 7.45. The fourth-order valence-electron chi connectivity index (χ4n) is 3.69. The summed E-state index contributed by atoms with van der Waals surface area (Å²) in [4.78, 5) is 15.2. The lowest BCUT2D eigenvalue weighted by Gasteiger charge is -2.30. The first-order chi connectivity index (χ1) is 13.5. The van der Waals surface area contributed by atoms with Gasteiger partial charge in [-0.2, -0.15) is 4.31 Å². The van der Waals surface area contributed by atoms with Crippen LogP contribution in [-0.4, -0.2) is 76.0 Å². The highest BCUT2D eigenvalue weighted by Crippen LogP contribution is 2.21. The minimum absolute atomic E-state index is 0.0689. The van der Waals surface area contributed by atoms with Crippen LogP contribution in [0.2, 0.25) is 0 Å². The lowest BCUT2D eigenvalue weighted by molar-refractivity contribution is 0.0730. The van der Waals surface area contributed by atoms with Gasteiger partial charge in [-0.3, -0.25) is 4.79 Å². The molecule has 0 unspecified atom stereocenters. The molecule has 0 spiro atoms. The van der Waals surface area contributed by atoms with E-state index < -0.39 is 10.0 Å². The summed E-state index contributed by atoms with van der Waals surface area (Å²) in [6, 6.07) is 6.44. The van der Waals surface area contributed by atoms with E-state index >= 15 is 0 Å². The lowest BCUT2D eigenvalue weighted by atomic mass is 9.99. The number of nitrogens with one attached hydrogen (secondary N) is 1. The van der Waals surface area contributed by atoms with Crippen LogP contribution in [0.4, 0.5) is 0 Å². The lowest BCUT2D eigenvalue weighted by Crippen LogP contribution is -2.41. The summed E-state index contributed by atoms with van der Waals surface area (Å²) >= 11 is 0. The van der Waals surface area contributed by atoms with Crippen LogP contribution in [0, 0.1) is 5.92 Å². The summed E-state index contributed by atoms with van der Waals surface area (Å²) in [5.74, 6) is 0.473. The molecule has 1 aromatic rings. The highest BCUT2D eigenvalue weighted by atomic mass is 32.2. The zero-order chi connectivity index (χ0) is 20.0. The second-order valence-electron chi connectivity index (χ2n) is 7.65. The van der Waals surface area contributed by atoms with Crippen LogP contribution in [0.3, 0.4) is 0 Å². The van der Waals surface area contributed by atoms with E-state index in [4.69, 9.17) is 4.74 Å². The number of hydrogen-bond acceptors (Lipinski definition) is 5. The fourth-order valence-corrected chi connectivity index (χ4v) is 5.29. The molecule has 2 aliphatic rings. The van der Waals surface area contributed by atoms with Crippen molar-refractivity contribution in [2.75, 3.05) is 52.5 Å². The molecule has 2 aliphatic heterocycles. The maximum atomic E-state index is 13.0. The SMILES string of the molecule is CC1CCN(CCCNC(=O)c2ccccc2S(=O)(=O)N2CCOCC2)CC1. The van der Waals surface area contributed by atoms with E-state index in [1.54, 1.807) is 18.2 Å². The minimum Gasteiger partial charge on any atom is -0.379 e. The molecule has 0 saturated carbocycles. The molecule has 156 valence electrons. The van der Waals surface area contributed by atoms with E-state index in [0.29, 0.717) is 32.8 Å². The Labute approximate surface area is 168 Å². The number of carbonyl (C=O) groups excluding carboxylic acids is 1. The molecule has 2 fully saturated rings. The number of ether oxygens (including phenoxy) is 1. The number of benzene rings is 1. The summed E-state index contributed by atoms with van der Waals surface area (Å²) in [5.41, 5.74) is 0.209. The van der Waals surface area contributed by atoms with E-state index in [2.05, 4.69) is 17.1 Å². The number of carbonyl (C=O) groups is 1. The molecule has 1 aromatic carbocycles. The Balaban J connectivity index is 1.56. The molecule has 0 atom stereocenters. The number of likely N-dealkylation sites (tertiary alicyclic amines) is 1. The molecule has 28 heavy (non-hydrogen) atoms. The van der Waals surface area contributed by atoms with Crippen molar-refractivity contribution in [1.29, 1.82) is 0 Å². The van der Waals surface area contributed by atoms with Crippen molar-refractivity contribution >= 4 is 15.9 Å². The summed E-state index contributed by atoms with van der Waals surface area (Å²) < 4.78 is 32.5. The monoisotopic (exact) mass is 409 g/mol. The first-order valence-electron chi connectivity index (χ1n) is 10.2. The standard InChI is InChI=1S/C20H31N3O4S/c1-17-7-11-22(12-8-17)10-4-9-21-20(24)18-5-2-3-6-19(18)28(25,26)23-13-15-27-16-14-23/h2-3,5-6,17H,4,7-16H2,1H3,(H,21,24). The Morgan fingerprint density at radius 3 is 2.54 bits per heavy atom. The summed E-state index contributed by atoms with van der Waals surface area (Å²) in [7, 11) is -3.71. The van der Waals surface area contributed by atoms with Crippen LogP contribution in [0.5, 0.6) is 0 Å². The van der Waals surface area contributed by atoms with Gasteiger partial charge in [-0.15, -0.1) is 0 Å². The van der Waals surface area contributed by atoms with Gasteiger partial charge in [-0.25, -0.2) is 8.42 Å². The molecule has 1 amide bonds. The fraction of sp³-hybridized carbons (Fsp3) is 0.650. The van der Waals surface area contributed by atoms with Gasteiger partial charge in [0, 0.05) is 19.6 Å². The van der Waals surface area contributed by atoms with Gasteiger partial charge >= 0.3 is 0 Å². The van der Waals surface area contributed by atoms with E-state index in [-0.39, 0.29) is 16.4 Å². The Morgan fingerprint density at radius 2 is 1.82 bits per heavy atom. The molecule has 8 heteroatoms. The summed E-state index contributed by atoms with van der Waals surface area (Å²) in [6.07, 6.45) is 3.33. The number of sulfonamides is 1. The maximum absolute atomic E-state index is 13.0. The molecule has 0 radical (unpaired) electrons. The number of piperidine rings is 1. The molecule has 1 N–H and O–H groups in total. The third-order valence-corrected chi connectivity index (χ3v) is 7.49. The molecule has 0 aliphatic carbocycles. The van der Waals surface area contributed by atoms with Crippen LogP contribution in [-0.2, 0) is 14.8 Å². The highest BCUT2D eigenvalue weighted by Gasteiger charge is 2.30. The molecule has 3 rings (SSSR count). The van der Waals surface area contributed by atoms with Gasteiger partial charge in [-0.05, 0) is 56.9 Å². The molecule has 2 heterocycles. The number of hydrogen-bond donors (Lipinski definition) is 1. The Bertz CT molecular complexity index is 754. The minimum atomic E-state index is -3.71. The van der Waals surface area contributed by atoms with Crippen molar-refractivity contribution < 1.29 is 17.9 Å². The van der Waals surface area contributed by atoms with Crippen LogP contribution in [0.25, 0.3) is 0 Å². The molecule has 0 bridgehead atoms. The Morgan fingerprint density at radius 1 is 1.14 bits per heavy atom. The summed E-state index contributed by atoms with van der Waals surface area (Å²) in [5, 5.41) is 2.89. The predicted molar refractivity (Wildman–Crippen MR) is 108 cm³/mol. The highest BCUT2D eigenvalue weighted by molar-refractivity contribution is 7.89. The van der Waals surface area contributed by atoms with Crippen LogP contribution in [0.1, 0.15) is 36.5 Å². The topological polar surface area (TPSA) is 79.0 Å². The van der Waals surface area contributed by atoms with Crippen molar-refractivity contribution in [2.45, 2.75) is 31.1 Å². The van der Waals surface area contributed by atoms with E-state index in [1.807, 2.05) is 0 Å². The van der Waals surface area contributed by atoms with Gasteiger partial charge in [-0.1, -0.05) is 19.1 Å². The van der Waals surface area contributed by atoms with Gasteiger partial charge in [0.1, 0.15) is 0 Å². The van der Waals surface area contributed by atoms with Crippen molar-refractivity contribution in [1.82, 2.24) is 14.5 Å². The third-order valence-electron chi connectivity index (χ3n) is 5.53. The van der Waals surface area contributed by atoms with Crippen molar-refractivity contribution in [3.05, 3.63) is 29.8 Å². The van der Waals surface area contributed by atoms with Crippen LogP contribution < -0.4 is 5.32 Å². The van der Waals surface area contributed by atoms with E-state index in [0.717, 1.165) is 32.0 Å². The largest absolute Gasteiger partial charge is 0.379 e. The molecular weight excluding hydrogens is 378 g/mol. The average molecular weight is 410 g/mol. The van der Waals surface area contributed by atoms with Gasteiger partial charge in [0.05, 0.1) is 23.7 Å². The normalized spacial score (nSPS) is 20.2. The molecule has 7 nitrogen and oxygen atoms in total. The van der Waals surface area contributed by atoms with Crippen molar-refractivity contribution in [3.63, 3.8) is 0 Å². The zero-order valence-electron chi connectivity index (χ0n) is 16.6. The smallest absolute Gasteiger partial charge is 0.252 e. The zero-order valence-corrected chi connectivity index (χ0v) is 17.4. The molecule has 2 saturated heterocycles. The maximum Gasteiger partial charge on any atom is 0.252 e. The first-order valence-corrected chi connectivity index (χ1v) is 11.6. The third kappa shape index (κ3) is 5.31. The molecule has 0 aromatic heterocycles. The Hall–Kier alpha value is -1.48. The summed E-state index contributed by atoms with van der Waals surface area (Å²) in [6.45, 7) is 7.41. The average Bonchev–Trinajstić information content (AvgIpc) is 2.73. The van der Waals surface area contributed by atoms with Gasteiger partial charge < -0.3 is 15.0 Å². The van der Waals surface area contributed by atoms with Crippen LogP contribution >= 0.6 is 0 Å². The first kappa shape index (κ1) is 21.2. The van der Waals surface area contributed by atoms with Gasteiger partial charge in [0.2, 0.25) is 10.0 Å². The van der Waals surface area contributed by atoms with Crippen molar-refractivity contribution in [3.8, 4) is 0 Å². The second kappa shape index (κ2) is 9.82. The second-order valence-corrected chi connectivity index (χ2v) is 9.55. The number of nitrogens with zero attached hydrogens (tertiary/aromatic N) is 2. The predicted octanol–water partition coefficient (Wildman–Crippen LogP) is 1.56. The van der Waals surface area contributed by atoms with Crippen LogP contribution in [0.15, 0.2) is 29.2 Å². The molecular formula is C20H31N3O4S. The van der Waals surface area contributed by atoms with E-state index in [9.17, 15) is 13.2 Å². The number of morpholine rings is 1. The van der Waals surface area contributed by atoms with Gasteiger partial charge in [0.15, 0.2) is 0 Å². The number of amides is 1.